The number of carboxylic acid groups (broad SMARTS) is 1. The first kappa shape index (κ1) is 32.8. The molecule has 0 heterocycles. The molecule has 0 aromatic carbocycles. The van der Waals surface area contributed by atoms with Crippen molar-refractivity contribution in [2.75, 3.05) is 12.4 Å². The molecule has 0 amide bonds. The van der Waals surface area contributed by atoms with Crippen LogP contribution in [-0.2, 0) is 23.9 Å². The molecule has 4 atom stereocenters. The van der Waals surface area contributed by atoms with Gasteiger partial charge in [0.1, 0.15) is 6.10 Å². The third kappa shape index (κ3) is 16.2. The number of aliphatic carboxylic acids is 1. The third-order valence-electron chi connectivity index (χ3n) is 5.69. The van der Waals surface area contributed by atoms with Gasteiger partial charge in [-0.2, -0.15) is 11.8 Å². The van der Waals surface area contributed by atoms with E-state index in [0.29, 0.717) is 6.42 Å². The van der Waals surface area contributed by atoms with E-state index in [1.54, 1.807) is 0 Å². The van der Waals surface area contributed by atoms with Crippen LogP contribution in [0.3, 0.4) is 0 Å². The Labute approximate surface area is 208 Å². The molecule has 0 aliphatic rings. The molecule has 0 aromatic rings. The minimum Gasteiger partial charge on any atom is -0.474 e. The van der Waals surface area contributed by atoms with E-state index in [2.05, 4.69) is 13.8 Å². The molecule has 8 heteroatoms. The average Bonchev–Trinajstić information content (AvgIpc) is 2.81. The summed E-state index contributed by atoms with van der Waals surface area (Å²) in [6.45, 7) is 8.30. The van der Waals surface area contributed by atoms with Crippen molar-refractivity contribution < 1.29 is 29.0 Å². The Hall–Kier alpha value is -0.200. The van der Waals surface area contributed by atoms with Gasteiger partial charge in [-0.05, 0) is 31.9 Å². The lowest BCUT2D eigenvalue weighted by molar-refractivity contribution is -0.402. The molecule has 0 radical (unpaired) electrons. The Balaban J connectivity index is 4.41. The largest absolute Gasteiger partial charge is 0.497 e. The van der Waals surface area contributed by atoms with Crippen LogP contribution in [0.2, 0.25) is 0 Å². The summed E-state index contributed by atoms with van der Waals surface area (Å²) in [5, 5.41) is 9.66. The van der Waals surface area contributed by atoms with Crippen LogP contribution in [0.5, 0.6) is 0 Å². The first-order valence-corrected chi connectivity index (χ1v) is 15.2. The van der Waals surface area contributed by atoms with Gasteiger partial charge in [0.2, 0.25) is 0 Å². The van der Waals surface area contributed by atoms with Crippen LogP contribution in [0.25, 0.3) is 0 Å². The highest BCUT2D eigenvalue weighted by atomic mass is 32.2. The van der Waals surface area contributed by atoms with Gasteiger partial charge in [-0.3, -0.25) is 4.74 Å². The Kier molecular flexibility index (Phi) is 22.1. The molecule has 0 fully saturated rings. The topological polar surface area (TPSA) is 82.1 Å². The van der Waals surface area contributed by atoms with Gasteiger partial charge in [0.25, 0.3) is 0 Å². The molecule has 6 nitrogen and oxygen atoms in total. The number of carboxylic acids is 1. The lowest BCUT2D eigenvalue weighted by Crippen LogP contribution is -2.41. The normalized spacial score (nSPS) is 15.4. The zero-order valence-electron chi connectivity index (χ0n) is 21.6. The fourth-order valence-electron chi connectivity index (χ4n) is 3.54. The molecular formula is C25H50O6PS+. The number of hydrogen-bond acceptors (Lipinski definition) is 6. The fourth-order valence-corrected chi connectivity index (χ4v) is 5.19. The van der Waals surface area contributed by atoms with Crippen molar-refractivity contribution in [2.45, 2.75) is 141 Å². The molecule has 33 heavy (non-hydrogen) atoms. The van der Waals surface area contributed by atoms with Crippen LogP contribution >= 0.6 is 20.2 Å². The summed E-state index contributed by atoms with van der Waals surface area (Å²) < 4.78 is 16.8. The smallest absolute Gasteiger partial charge is 0.474 e. The van der Waals surface area contributed by atoms with E-state index < -0.39 is 20.0 Å². The van der Waals surface area contributed by atoms with Crippen LogP contribution in [0.4, 0.5) is 0 Å². The third-order valence-corrected chi connectivity index (χ3v) is 7.97. The summed E-state index contributed by atoms with van der Waals surface area (Å²) in [5.74, 6) is -0.377. The number of carbonyl (C=O) groups is 1. The van der Waals surface area contributed by atoms with Gasteiger partial charge in [0.05, 0.1) is 6.61 Å². The quantitative estimate of drug-likeness (QED) is 0.0437. The van der Waals surface area contributed by atoms with Crippen LogP contribution in [0.15, 0.2) is 0 Å². The molecule has 0 aliphatic heterocycles. The van der Waals surface area contributed by atoms with Crippen molar-refractivity contribution in [2.24, 2.45) is 0 Å². The number of thioether (sulfide) groups is 1. The number of hydrogen-bond donors (Lipinski definition) is 1. The Bertz CT molecular complexity index is 482. The summed E-state index contributed by atoms with van der Waals surface area (Å²) >= 11 is 1.87. The zero-order chi connectivity index (χ0) is 24.8. The van der Waals surface area contributed by atoms with Crippen molar-refractivity contribution in [3.63, 3.8) is 0 Å². The van der Waals surface area contributed by atoms with Gasteiger partial charge >= 0.3 is 20.0 Å². The monoisotopic (exact) mass is 509 g/mol. The van der Waals surface area contributed by atoms with Crippen LogP contribution in [0.1, 0.15) is 124 Å². The second kappa shape index (κ2) is 22.3. The maximum atomic E-state index is 11.6. The van der Waals surface area contributed by atoms with Gasteiger partial charge in [-0.1, -0.05) is 102 Å². The molecule has 0 bridgehead atoms. The second-order valence-electron chi connectivity index (χ2n) is 8.84. The summed E-state index contributed by atoms with van der Waals surface area (Å²) in [6.07, 6.45) is 17.8. The van der Waals surface area contributed by atoms with E-state index in [1.807, 2.05) is 25.6 Å². The average molecular weight is 510 g/mol. The van der Waals surface area contributed by atoms with Crippen LogP contribution in [0, 0.1) is 0 Å². The van der Waals surface area contributed by atoms with Gasteiger partial charge < -0.3 is 5.11 Å². The predicted octanol–water partition coefficient (Wildman–Crippen LogP) is 8.12. The van der Waals surface area contributed by atoms with Crippen molar-refractivity contribution in [1.29, 1.82) is 0 Å². The van der Waals surface area contributed by atoms with Crippen molar-refractivity contribution in [3.05, 3.63) is 0 Å². The van der Waals surface area contributed by atoms with Crippen LogP contribution < -0.4 is 0 Å². The highest BCUT2D eigenvalue weighted by Crippen LogP contribution is 2.31. The number of ether oxygens (including phenoxy) is 1. The van der Waals surface area contributed by atoms with Gasteiger partial charge in [-0.15, -0.1) is 4.89 Å². The lowest BCUT2D eigenvalue weighted by Gasteiger charge is -2.25. The zero-order valence-corrected chi connectivity index (χ0v) is 23.4. The van der Waals surface area contributed by atoms with Crippen molar-refractivity contribution >= 4 is 26.2 Å². The van der Waals surface area contributed by atoms with Crippen molar-refractivity contribution in [3.8, 4) is 0 Å². The molecule has 0 saturated heterocycles. The summed E-state index contributed by atoms with van der Waals surface area (Å²) in [5.41, 5.74) is -2.25. The summed E-state index contributed by atoms with van der Waals surface area (Å²) in [4.78, 5) is 22.3. The van der Waals surface area contributed by atoms with Gasteiger partial charge in [0, 0.05) is 5.25 Å². The number of rotatable bonds is 25. The SMILES string of the molecule is CCCCCCCCCCCCSC(CCCCC)C(C)OOC(OCCC)([PH+]=O)C(=O)O. The maximum absolute atomic E-state index is 11.6. The summed E-state index contributed by atoms with van der Waals surface area (Å²) in [6, 6.07) is 0. The Morgan fingerprint density at radius 2 is 1.42 bits per heavy atom. The van der Waals surface area contributed by atoms with E-state index >= 15 is 0 Å². The summed E-state index contributed by atoms with van der Waals surface area (Å²) in [7, 11) is -1.32. The molecule has 0 spiro atoms. The standard InChI is InChI=1S/C25H49O6PS/c1-5-8-10-11-12-13-14-15-16-18-21-33-23(19-17-9-6-2)22(4)30-31-25(32-28,24(26)27)29-20-7-3/h22-23H,5-21H2,1-4H3,(H,26,27)/p+1. The molecule has 0 rings (SSSR count). The van der Waals surface area contributed by atoms with E-state index in [4.69, 9.17) is 14.5 Å². The molecule has 0 saturated carbocycles. The highest BCUT2D eigenvalue weighted by Gasteiger charge is 2.54. The van der Waals surface area contributed by atoms with E-state index in [9.17, 15) is 14.5 Å². The van der Waals surface area contributed by atoms with E-state index in [0.717, 1.165) is 31.4 Å². The molecule has 1 N–H and O–H groups in total. The first-order chi connectivity index (χ1) is 16.0. The molecule has 0 aliphatic carbocycles. The first-order valence-electron chi connectivity index (χ1n) is 13.2. The molecular weight excluding hydrogens is 459 g/mol. The van der Waals surface area contributed by atoms with E-state index in [-0.39, 0.29) is 18.0 Å². The lowest BCUT2D eigenvalue weighted by atomic mass is 10.1. The molecule has 196 valence electrons. The second-order valence-corrected chi connectivity index (χ2v) is 11.1. The van der Waals surface area contributed by atoms with Gasteiger partial charge in [-0.25, -0.2) is 9.68 Å². The maximum Gasteiger partial charge on any atom is 0.497 e. The predicted molar refractivity (Wildman–Crippen MR) is 139 cm³/mol. The molecule has 0 aromatic heterocycles. The molecule has 4 unspecified atom stereocenters. The van der Waals surface area contributed by atoms with Crippen molar-refractivity contribution in [1.82, 2.24) is 0 Å². The van der Waals surface area contributed by atoms with Crippen LogP contribution in [-0.4, -0.2) is 40.3 Å². The Morgan fingerprint density at radius 3 is 1.94 bits per heavy atom. The highest BCUT2D eigenvalue weighted by molar-refractivity contribution is 7.99. The van der Waals surface area contributed by atoms with E-state index in [1.165, 1.54) is 64.2 Å². The number of unbranched alkanes of at least 4 members (excludes halogenated alkanes) is 11. The minimum absolute atomic E-state index is 0.132. The minimum atomic E-state index is -2.25. The van der Waals surface area contributed by atoms with Gasteiger partial charge in [0.15, 0.2) is 0 Å². The Morgan fingerprint density at radius 1 is 0.879 bits per heavy atom. The fraction of sp³-hybridized carbons (Fsp3) is 0.960.